The second-order valence-electron chi connectivity index (χ2n) is 11.5. The van der Waals surface area contributed by atoms with Gasteiger partial charge in [0.25, 0.3) is 0 Å². The van der Waals surface area contributed by atoms with Crippen molar-refractivity contribution in [3.63, 3.8) is 0 Å². The third kappa shape index (κ3) is 9.79. The van der Waals surface area contributed by atoms with E-state index in [0.29, 0.717) is 19.1 Å². The lowest BCUT2D eigenvalue weighted by molar-refractivity contribution is -0.334. The molecule has 1 aromatic rings. The van der Waals surface area contributed by atoms with Gasteiger partial charge in [0.05, 0.1) is 31.8 Å². The quantitative estimate of drug-likeness (QED) is 0.154. The van der Waals surface area contributed by atoms with Crippen LogP contribution in [0, 0.1) is 29.6 Å². The first-order valence-electron chi connectivity index (χ1n) is 14.0. The van der Waals surface area contributed by atoms with Gasteiger partial charge in [-0.05, 0) is 67.2 Å². The van der Waals surface area contributed by atoms with E-state index < -0.39 is 11.7 Å². The van der Waals surface area contributed by atoms with Gasteiger partial charge in [0.15, 0.2) is 5.79 Å². The van der Waals surface area contributed by atoms with Crippen LogP contribution < -0.4 is 4.74 Å². The third-order valence-electron chi connectivity index (χ3n) is 7.54. The van der Waals surface area contributed by atoms with E-state index in [1.807, 2.05) is 49.1 Å². The fraction of sp³-hybridized carbons (Fsp3) is 0.710. The maximum atomic E-state index is 13.2. The molecule has 216 valence electrons. The van der Waals surface area contributed by atoms with Crippen LogP contribution in [-0.2, 0) is 30.3 Å². The minimum Gasteiger partial charge on any atom is -0.497 e. The molecule has 0 spiro atoms. The van der Waals surface area contributed by atoms with E-state index in [9.17, 15) is 4.79 Å². The van der Waals surface area contributed by atoms with Gasteiger partial charge in [0.2, 0.25) is 0 Å². The van der Waals surface area contributed by atoms with Crippen LogP contribution in [-0.4, -0.2) is 43.8 Å². The van der Waals surface area contributed by atoms with E-state index in [4.69, 9.17) is 23.7 Å². The fourth-order valence-corrected chi connectivity index (χ4v) is 6.06. The predicted molar refractivity (Wildman–Crippen MR) is 160 cm³/mol. The van der Waals surface area contributed by atoms with Gasteiger partial charge >= 0.3 is 5.97 Å². The summed E-state index contributed by atoms with van der Waals surface area (Å²) in [4.78, 5) is 13.2. The highest BCUT2D eigenvalue weighted by molar-refractivity contribution is 14.1. The molecule has 1 aromatic carbocycles. The molecular weight excluding hydrogens is 595 g/mol. The Hall–Kier alpha value is -1.16. The van der Waals surface area contributed by atoms with Crippen LogP contribution in [0.2, 0.25) is 0 Å². The Morgan fingerprint density at radius 2 is 1.74 bits per heavy atom. The Kier molecular flexibility index (Phi) is 13.6. The Bertz CT molecular complexity index is 870. The first kappa shape index (κ1) is 33.0. The molecule has 0 aromatic heterocycles. The zero-order chi connectivity index (χ0) is 28.5. The highest BCUT2D eigenvalue weighted by Crippen LogP contribution is 2.39. The number of benzene rings is 1. The van der Waals surface area contributed by atoms with Crippen molar-refractivity contribution < 1.29 is 28.5 Å². The van der Waals surface area contributed by atoms with Gasteiger partial charge in [-0.3, -0.25) is 4.79 Å². The van der Waals surface area contributed by atoms with E-state index in [1.165, 1.54) is 0 Å². The van der Waals surface area contributed by atoms with Crippen LogP contribution >= 0.6 is 22.6 Å². The summed E-state index contributed by atoms with van der Waals surface area (Å²) in [6.07, 6.45) is 3.33. The Labute approximate surface area is 244 Å². The summed E-state index contributed by atoms with van der Waals surface area (Å²) in [5, 5.41) is 0. The van der Waals surface area contributed by atoms with Gasteiger partial charge in [0, 0.05) is 18.4 Å². The summed E-state index contributed by atoms with van der Waals surface area (Å²) in [5.41, 5.74) is 1.13. The molecule has 0 radical (unpaired) electrons. The second kappa shape index (κ2) is 15.6. The van der Waals surface area contributed by atoms with Gasteiger partial charge < -0.3 is 23.7 Å². The second-order valence-corrected chi connectivity index (χ2v) is 12.2. The Morgan fingerprint density at radius 3 is 2.32 bits per heavy atom. The maximum absolute atomic E-state index is 13.2. The summed E-state index contributed by atoms with van der Waals surface area (Å²) in [6.45, 7) is 17.8. The number of carbonyl (C=O) groups is 1. The minimum atomic E-state index is -0.778. The SMILES string of the molecule is CC[C@@H](OC(=O)[C@H](C)[C@H]1OC(C)(C)O[C@@H]([C@@H](C)C[C@@H](C)COCc2ccc(OC)cc2)[C@H]1C)[C@H](C)/C=C/I. The van der Waals surface area contributed by atoms with Gasteiger partial charge in [-0.1, -0.05) is 75.4 Å². The van der Waals surface area contributed by atoms with Crippen LogP contribution in [0.25, 0.3) is 0 Å². The molecule has 8 atom stereocenters. The summed E-state index contributed by atoms with van der Waals surface area (Å²) < 4.78 is 32.0. The van der Waals surface area contributed by atoms with E-state index in [-0.39, 0.29) is 42.0 Å². The summed E-state index contributed by atoms with van der Waals surface area (Å²) in [7, 11) is 1.67. The van der Waals surface area contributed by atoms with Crippen molar-refractivity contribution >= 4 is 28.6 Å². The van der Waals surface area contributed by atoms with Crippen molar-refractivity contribution in [2.45, 2.75) is 98.9 Å². The van der Waals surface area contributed by atoms with Gasteiger partial charge in [-0.15, -0.1) is 0 Å². The molecule has 0 N–H and O–H groups in total. The van der Waals surface area contributed by atoms with E-state index in [1.54, 1.807) is 7.11 Å². The van der Waals surface area contributed by atoms with Crippen LogP contribution in [0.4, 0.5) is 0 Å². The standard InChI is InChI=1S/C31H49IO6/c1-10-27(21(3)15-16-32)36-30(33)24(6)29-23(5)28(37-31(7,8)38-29)22(4)17-20(2)18-35-19-25-11-13-26(34-9)14-12-25/h11-16,20-24,27-29H,10,17-19H2,1-9H3/b16-15+/t20-,21-,22+,23-,24-,27-,28+,29+/m1/s1. The van der Waals surface area contributed by atoms with Gasteiger partial charge in [-0.2, -0.15) is 0 Å². The van der Waals surface area contributed by atoms with Crippen molar-refractivity contribution in [2.24, 2.45) is 29.6 Å². The molecule has 1 aliphatic rings. The third-order valence-corrected chi connectivity index (χ3v) is 7.95. The van der Waals surface area contributed by atoms with Crippen molar-refractivity contribution in [2.75, 3.05) is 13.7 Å². The van der Waals surface area contributed by atoms with Crippen LogP contribution in [0.1, 0.15) is 73.8 Å². The van der Waals surface area contributed by atoms with E-state index in [2.05, 4.69) is 63.3 Å². The molecule has 0 aliphatic carbocycles. The predicted octanol–water partition coefficient (Wildman–Crippen LogP) is 7.57. The first-order chi connectivity index (χ1) is 17.9. The van der Waals surface area contributed by atoms with Gasteiger partial charge in [-0.25, -0.2) is 0 Å². The lowest BCUT2D eigenvalue weighted by atomic mass is 9.80. The van der Waals surface area contributed by atoms with Crippen molar-refractivity contribution in [1.82, 2.24) is 0 Å². The number of carbonyl (C=O) groups excluding carboxylic acids is 1. The summed E-state index contributed by atoms with van der Waals surface area (Å²) in [6, 6.07) is 7.96. The average molecular weight is 645 g/mol. The minimum absolute atomic E-state index is 0.0362. The zero-order valence-corrected chi connectivity index (χ0v) is 26.9. The van der Waals surface area contributed by atoms with Crippen LogP contribution in [0.15, 0.2) is 34.4 Å². The molecule has 1 heterocycles. The molecule has 7 heteroatoms. The highest BCUT2D eigenvalue weighted by Gasteiger charge is 2.47. The van der Waals surface area contributed by atoms with E-state index in [0.717, 1.165) is 24.2 Å². The topological polar surface area (TPSA) is 63.2 Å². The Balaban J connectivity index is 1.97. The van der Waals surface area contributed by atoms with Crippen LogP contribution in [0.3, 0.4) is 0 Å². The van der Waals surface area contributed by atoms with Gasteiger partial charge in [0.1, 0.15) is 11.9 Å². The normalized spacial score (nSPS) is 25.4. The largest absolute Gasteiger partial charge is 0.497 e. The zero-order valence-electron chi connectivity index (χ0n) is 24.7. The maximum Gasteiger partial charge on any atom is 0.311 e. The number of halogens is 1. The Morgan fingerprint density at radius 1 is 1.11 bits per heavy atom. The van der Waals surface area contributed by atoms with Crippen molar-refractivity contribution in [3.8, 4) is 5.75 Å². The molecule has 6 nitrogen and oxygen atoms in total. The lowest BCUT2D eigenvalue weighted by Gasteiger charge is -2.48. The molecule has 1 aliphatic heterocycles. The fourth-order valence-electron chi connectivity index (χ4n) is 5.40. The molecule has 1 fully saturated rings. The number of ether oxygens (including phenoxy) is 5. The molecular formula is C31H49IO6. The molecule has 0 unspecified atom stereocenters. The lowest BCUT2D eigenvalue weighted by Crippen LogP contribution is -2.55. The molecule has 0 saturated carbocycles. The molecule has 0 bridgehead atoms. The van der Waals surface area contributed by atoms with E-state index >= 15 is 0 Å². The monoisotopic (exact) mass is 644 g/mol. The molecule has 0 amide bonds. The summed E-state index contributed by atoms with van der Waals surface area (Å²) in [5.74, 6) is 0.320. The number of esters is 1. The average Bonchev–Trinajstić information content (AvgIpc) is 2.88. The molecule has 2 rings (SSSR count). The number of methoxy groups -OCH3 is 1. The highest BCUT2D eigenvalue weighted by atomic mass is 127. The summed E-state index contributed by atoms with van der Waals surface area (Å²) >= 11 is 2.20. The van der Waals surface area contributed by atoms with Crippen molar-refractivity contribution in [3.05, 3.63) is 40.0 Å². The number of rotatable bonds is 14. The number of hydrogen-bond acceptors (Lipinski definition) is 6. The molecule has 38 heavy (non-hydrogen) atoms. The number of hydrogen-bond donors (Lipinski definition) is 0. The molecule has 1 saturated heterocycles. The smallest absolute Gasteiger partial charge is 0.311 e. The van der Waals surface area contributed by atoms with Crippen molar-refractivity contribution in [1.29, 1.82) is 0 Å². The van der Waals surface area contributed by atoms with Crippen LogP contribution in [0.5, 0.6) is 5.75 Å². The first-order valence-corrected chi connectivity index (χ1v) is 15.2.